The summed E-state index contributed by atoms with van der Waals surface area (Å²) in [6.45, 7) is 5.87. The van der Waals surface area contributed by atoms with Gasteiger partial charge in [-0.15, -0.1) is 0 Å². The first-order valence-electron chi connectivity index (χ1n) is 8.90. The molecule has 2 aliphatic heterocycles. The van der Waals surface area contributed by atoms with Crippen LogP contribution in [0.15, 0.2) is 16.4 Å². The predicted molar refractivity (Wildman–Crippen MR) is 91.9 cm³/mol. The molecule has 0 unspecified atom stereocenters. The van der Waals surface area contributed by atoms with Crippen molar-refractivity contribution in [2.24, 2.45) is 7.05 Å². The number of hydrogen-bond acceptors (Lipinski definition) is 4. The zero-order valence-electron chi connectivity index (χ0n) is 14.6. The molecule has 2 aliphatic rings. The van der Waals surface area contributed by atoms with Crippen molar-refractivity contribution in [3.05, 3.63) is 28.0 Å². The summed E-state index contributed by atoms with van der Waals surface area (Å²) < 4.78 is 3.13. The lowest BCUT2D eigenvalue weighted by atomic mass is 9.96. The maximum atomic E-state index is 12.6. The number of rotatable bonds is 4. The van der Waals surface area contributed by atoms with E-state index in [1.807, 2.05) is 11.8 Å². The highest BCUT2D eigenvalue weighted by molar-refractivity contribution is 5.79. The Hall–Kier alpha value is -1.89. The molecule has 24 heavy (non-hydrogen) atoms. The minimum absolute atomic E-state index is 0.0733. The van der Waals surface area contributed by atoms with E-state index >= 15 is 0 Å². The number of amides is 1. The summed E-state index contributed by atoms with van der Waals surface area (Å²) in [4.78, 5) is 26.7. The summed E-state index contributed by atoms with van der Waals surface area (Å²) in [7, 11) is 1.69. The minimum Gasteiger partial charge on any atom is -0.342 e. The topological polar surface area (TPSA) is 72.2 Å². The predicted octanol–water partition coefficient (Wildman–Crippen LogP) is 0.618. The number of piperidine rings is 1. The van der Waals surface area contributed by atoms with Crippen LogP contribution in [0.4, 0.5) is 0 Å². The first-order chi connectivity index (χ1) is 11.6. The highest BCUT2D eigenvalue weighted by Crippen LogP contribution is 2.26. The van der Waals surface area contributed by atoms with Gasteiger partial charge in [-0.2, -0.15) is 5.10 Å². The van der Waals surface area contributed by atoms with Crippen LogP contribution in [-0.4, -0.2) is 51.3 Å². The normalized spacial score (nSPS) is 21.7. The average molecular weight is 333 g/mol. The van der Waals surface area contributed by atoms with E-state index in [0.717, 1.165) is 44.7 Å². The molecule has 1 N–H and O–H groups in total. The van der Waals surface area contributed by atoms with Gasteiger partial charge in [-0.05, 0) is 32.7 Å². The molecule has 3 heterocycles. The lowest BCUT2D eigenvalue weighted by Gasteiger charge is -2.32. The third-order valence-electron chi connectivity index (χ3n) is 5.03. The van der Waals surface area contributed by atoms with Crippen LogP contribution in [0.5, 0.6) is 0 Å². The molecule has 1 saturated heterocycles. The molecule has 1 atom stereocenters. The zero-order valence-corrected chi connectivity index (χ0v) is 14.6. The van der Waals surface area contributed by atoms with Gasteiger partial charge >= 0.3 is 5.69 Å². The molecule has 1 amide bonds. The largest absolute Gasteiger partial charge is 0.345 e. The van der Waals surface area contributed by atoms with E-state index in [1.165, 1.54) is 10.3 Å². The molecular weight excluding hydrogens is 306 g/mol. The maximum Gasteiger partial charge on any atom is 0.345 e. The smallest absolute Gasteiger partial charge is 0.342 e. The van der Waals surface area contributed by atoms with E-state index in [1.54, 1.807) is 11.6 Å². The van der Waals surface area contributed by atoms with Crippen LogP contribution in [0.25, 0.3) is 0 Å². The number of likely N-dealkylation sites (tertiary alicyclic amines) is 1. The fraction of sp³-hybridized carbons (Fsp3) is 0.706. The fourth-order valence-electron chi connectivity index (χ4n) is 3.67. The molecule has 1 aromatic heterocycles. The average Bonchev–Trinajstić information content (AvgIpc) is 2.90. The fourth-order valence-corrected chi connectivity index (χ4v) is 3.67. The second kappa shape index (κ2) is 7.34. The molecule has 0 aliphatic carbocycles. The van der Waals surface area contributed by atoms with Crippen molar-refractivity contribution >= 4 is 5.91 Å². The van der Waals surface area contributed by atoms with Crippen molar-refractivity contribution < 1.29 is 4.79 Å². The Kier molecular flexibility index (Phi) is 5.18. The number of aryl methyl sites for hydroxylation is 1. The van der Waals surface area contributed by atoms with Crippen molar-refractivity contribution in [2.75, 3.05) is 26.2 Å². The van der Waals surface area contributed by atoms with E-state index in [9.17, 15) is 9.59 Å². The van der Waals surface area contributed by atoms with E-state index in [4.69, 9.17) is 0 Å². The summed E-state index contributed by atoms with van der Waals surface area (Å²) in [5.74, 6) is 1.18. The van der Waals surface area contributed by atoms with Gasteiger partial charge in [0.25, 0.3) is 0 Å². The maximum absolute atomic E-state index is 12.6. The number of nitrogens with zero attached hydrogens (tertiary/aromatic N) is 4. The van der Waals surface area contributed by atoms with Crippen LogP contribution in [0.2, 0.25) is 0 Å². The van der Waals surface area contributed by atoms with Crippen molar-refractivity contribution in [3.8, 4) is 0 Å². The minimum atomic E-state index is -0.0733. The molecule has 0 aromatic carbocycles. The SMILES string of the molecule is CCn1c([C@@H]2CCCN(C(=O)CC3=CCNCC3)C2)nn(C)c1=O. The number of carbonyl (C=O) groups is 1. The lowest BCUT2D eigenvalue weighted by Crippen LogP contribution is -2.40. The van der Waals surface area contributed by atoms with Crippen LogP contribution >= 0.6 is 0 Å². The Balaban J connectivity index is 1.70. The Morgan fingerprint density at radius 3 is 3.00 bits per heavy atom. The molecule has 1 aromatic rings. The van der Waals surface area contributed by atoms with E-state index in [-0.39, 0.29) is 17.5 Å². The van der Waals surface area contributed by atoms with E-state index < -0.39 is 0 Å². The Labute approximate surface area is 142 Å². The van der Waals surface area contributed by atoms with Crippen molar-refractivity contribution in [2.45, 2.75) is 45.1 Å². The summed E-state index contributed by atoms with van der Waals surface area (Å²) in [6.07, 6.45) is 5.56. The Bertz CT molecular complexity index is 688. The molecule has 132 valence electrons. The van der Waals surface area contributed by atoms with Crippen LogP contribution in [0, 0.1) is 0 Å². The van der Waals surface area contributed by atoms with Crippen LogP contribution in [0.1, 0.15) is 44.3 Å². The van der Waals surface area contributed by atoms with Crippen molar-refractivity contribution in [1.29, 1.82) is 0 Å². The van der Waals surface area contributed by atoms with Crippen LogP contribution in [-0.2, 0) is 18.4 Å². The quantitative estimate of drug-likeness (QED) is 0.820. The van der Waals surface area contributed by atoms with Crippen molar-refractivity contribution in [3.63, 3.8) is 0 Å². The Morgan fingerprint density at radius 1 is 1.46 bits per heavy atom. The van der Waals surface area contributed by atoms with E-state index in [2.05, 4.69) is 16.5 Å². The van der Waals surface area contributed by atoms with Gasteiger partial charge < -0.3 is 10.2 Å². The first-order valence-corrected chi connectivity index (χ1v) is 8.90. The van der Waals surface area contributed by atoms with Crippen LogP contribution in [0.3, 0.4) is 0 Å². The molecular formula is C17H27N5O2. The van der Waals surface area contributed by atoms with Gasteiger partial charge in [0.15, 0.2) is 0 Å². The first kappa shape index (κ1) is 17.0. The lowest BCUT2D eigenvalue weighted by molar-refractivity contribution is -0.131. The standard InChI is InChI=1S/C17H27N5O2/c1-3-22-16(19-20(2)17(22)24)14-5-4-10-21(12-14)15(23)11-13-6-8-18-9-7-13/h6,14,18H,3-5,7-12H2,1-2H3/t14-/m1/s1. The third kappa shape index (κ3) is 3.45. The van der Waals surface area contributed by atoms with Crippen molar-refractivity contribution in [1.82, 2.24) is 24.6 Å². The van der Waals surface area contributed by atoms with Gasteiger partial charge in [-0.25, -0.2) is 9.48 Å². The van der Waals surface area contributed by atoms with Gasteiger partial charge in [0.05, 0.1) is 0 Å². The monoisotopic (exact) mass is 333 g/mol. The van der Waals surface area contributed by atoms with Gasteiger partial charge in [-0.1, -0.05) is 11.6 Å². The second-order valence-corrected chi connectivity index (χ2v) is 6.68. The molecule has 0 saturated carbocycles. The van der Waals surface area contributed by atoms with Gasteiger partial charge in [0, 0.05) is 45.6 Å². The highest BCUT2D eigenvalue weighted by atomic mass is 16.2. The summed E-state index contributed by atoms with van der Waals surface area (Å²) in [5.41, 5.74) is 1.17. The molecule has 7 nitrogen and oxygen atoms in total. The number of nitrogens with one attached hydrogen (secondary N) is 1. The van der Waals surface area contributed by atoms with Gasteiger partial charge in [0.2, 0.25) is 5.91 Å². The summed E-state index contributed by atoms with van der Waals surface area (Å²) >= 11 is 0. The molecule has 1 fully saturated rings. The van der Waals surface area contributed by atoms with Crippen LogP contribution < -0.4 is 11.0 Å². The molecule has 0 bridgehead atoms. The second-order valence-electron chi connectivity index (χ2n) is 6.68. The van der Waals surface area contributed by atoms with E-state index in [0.29, 0.717) is 19.5 Å². The molecule has 0 radical (unpaired) electrons. The molecule has 0 spiro atoms. The van der Waals surface area contributed by atoms with Gasteiger partial charge in [0.1, 0.15) is 5.82 Å². The number of hydrogen-bond donors (Lipinski definition) is 1. The third-order valence-corrected chi connectivity index (χ3v) is 5.03. The molecule has 3 rings (SSSR count). The summed E-state index contributed by atoms with van der Waals surface area (Å²) in [6, 6.07) is 0. The molecule has 7 heteroatoms. The number of carbonyl (C=O) groups excluding carboxylic acids is 1. The van der Waals surface area contributed by atoms with Gasteiger partial charge in [-0.3, -0.25) is 9.36 Å². The Morgan fingerprint density at radius 2 is 2.29 bits per heavy atom. The number of aromatic nitrogens is 3. The highest BCUT2D eigenvalue weighted by Gasteiger charge is 2.29. The summed E-state index contributed by atoms with van der Waals surface area (Å²) in [5, 5.41) is 7.70. The zero-order chi connectivity index (χ0) is 17.1.